The molecule has 0 aromatic heterocycles. The maximum Gasteiger partial charge on any atom is 0.229 e. The molecule has 0 spiro atoms. The highest BCUT2D eigenvalue weighted by atomic mass is 16.7. The second-order valence-corrected chi connectivity index (χ2v) is 8.78. The van der Waals surface area contributed by atoms with Crippen molar-refractivity contribution in [3.8, 4) is 23.0 Å². The SMILES string of the molecule is COc1cc([C@@H]2Oc3c(OC)cc(C=CCO)cc3[C@H]2CO)ccc1O[C@@H]1O[C@H](CO)[C@@H](O)[C@H](O)[C@H]1O. The molecule has 0 unspecified atom stereocenters. The fourth-order valence-electron chi connectivity index (χ4n) is 4.60. The minimum absolute atomic E-state index is 0.112. The molecule has 0 amide bonds. The van der Waals surface area contributed by atoms with Crippen LogP contribution in [0.4, 0.5) is 0 Å². The number of aliphatic hydroxyl groups excluding tert-OH is 6. The van der Waals surface area contributed by atoms with Gasteiger partial charge in [-0.05, 0) is 35.4 Å². The van der Waals surface area contributed by atoms with Crippen LogP contribution in [-0.4, -0.2) is 95.4 Å². The first-order valence-electron chi connectivity index (χ1n) is 11.8. The molecule has 0 bridgehead atoms. The number of methoxy groups -OCH3 is 2. The molecule has 2 aliphatic rings. The van der Waals surface area contributed by atoms with E-state index in [1.165, 1.54) is 14.2 Å². The molecule has 2 aromatic rings. The van der Waals surface area contributed by atoms with Crippen molar-refractivity contribution in [1.29, 1.82) is 0 Å². The van der Waals surface area contributed by atoms with Crippen LogP contribution >= 0.6 is 0 Å². The Morgan fingerprint density at radius 1 is 0.865 bits per heavy atom. The highest BCUT2D eigenvalue weighted by molar-refractivity contribution is 5.62. The van der Waals surface area contributed by atoms with Crippen molar-refractivity contribution in [1.82, 2.24) is 0 Å². The summed E-state index contributed by atoms with van der Waals surface area (Å²) in [6.07, 6.45) is -4.38. The molecular formula is C26H32O11. The second kappa shape index (κ2) is 11.7. The van der Waals surface area contributed by atoms with E-state index in [4.69, 9.17) is 28.8 Å². The van der Waals surface area contributed by atoms with Crippen LogP contribution in [0.3, 0.4) is 0 Å². The predicted molar refractivity (Wildman–Crippen MR) is 130 cm³/mol. The van der Waals surface area contributed by atoms with Gasteiger partial charge in [0.1, 0.15) is 30.5 Å². The number of hydrogen-bond acceptors (Lipinski definition) is 11. The third-order valence-corrected chi connectivity index (χ3v) is 6.56. The Labute approximate surface area is 213 Å². The van der Waals surface area contributed by atoms with Crippen molar-refractivity contribution >= 4 is 6.08 Å². The van der Waals surface area contributed by atoms with Gasteiger partial charge < -0.3 is 54.3 Å². The summed E-state index contributed by atoms with van der Waals surface area (Å²) < 4.78 is 28.4. The van der Waals surface area contributed by atoms with Crippen LogP contribution in [0.1, 0.15) is 28.7 Å². The first-order chi connectivity index (χ1) is 17.9. The summed E-state index contributed by atoms with van der Waals surface area (Å²) in [6.45, 7) is -0.900. The Kier molecular flexibility index (Phi) is 8.55. The zero-order valence-electron chi connectivity index (χ0n) is 20.4. The van der Waals surface area contributed by atoms with Crippen molar-refractivity contribution in [2.75, 3.05) is 34.0 Å². The van der Waals surface area contributed by atoms with Gasteiger partial charge in [0.15, 0.2) is 23.0 Å². The Hall–Kier alpha value is -2.90. The van der Waals surface area contributed by atoms with Gasteiger partial charge in [-0.2, -0.15) is 0 Å². The van der Waals surface area contributed by atoms with E-state index in [1.54, 1.807) is 36.4 Å². The van der Waals surface area contributed by atoms with Crippen LogP contribution < -0.4 is 18.9 Å². The van der Waals surface area contributed by atoms with Crippen molar-refractivity contribution in [2.24, 2.45) is 0 Å². The zero-order chi connectivity index (χ0) is 26.7. The van der Waals surface area contributed by atoms with E-state index >= 15 is 0 Å². The molecule has 1 fully saturated rings. The van der Waals surface area contributed by atoms with Crippen LogP contribution in [-0.2, 0) is 4.74 Å². The van der Waals surface area contributed by atoms with Crippen molar-refractivity contribution < 1.29 is 54.3 Å². The van der Waals surface area contributed by atoms with Crippen molar-refractivity contribution in [3.05, 3.63) is 53.1 Å². The Morgan fingerprint density at radius 3 is 2.27 bits per heavy atom. The molecule has 1 saturated heterocycles. The highest BCUT2D eigenvalue weighted by Gasteiger charge is 2.45. The van der Waals surface area contributed by atoms with E-state index in [0.29, 0.717) is 17.1 Å². The second-order valence-electron chi connectivity index (χ2n) is 8.78. The van der Waals surface area contributed by atoms with Crippen molar-refractivity contribution in [3.63, 3.8) is 0 Å². The third kappa shape index (κ3) is 5.25. The number of benzene rings is 2. The molecule has 11 nitrogen and oxygen atoms in total. The summed E-state index contributed by atoms with van der Waals surface area (Å²) in [5.41, 5.74) is 2.21. The quantitative estimate of drug-likeness (QED) is 0.265. The lowest BCUT2D eigenvalue weighted by atomic mass is 9.90. The molecule has 6 N–H and O–H groups in total. The molecule has 37 heavy (non-hydrogen) atoms. The van der Waals surface area contributed by atoms with Gasteiger partial charge in [0.2, 0.25) is 6.29 Å². The summed E-state index contributed by atoms with van der Waals surface area (Å²) in [7, 11) is 2.95. The molecule has 7 atom stereocenters. The first kappa shape index (κ1) is 27.1. The van der Waals surface area contributed by atoms with Gasteiger partial charge in [-0.25, -0.2) is 0 Å². The predicted octanol–water partition coefficient (Wildman–Crippen LogP) is 0.0976. The van der Waals surface area contributed by atoms with Gasteiger partial charge in [0.25, 0.3) is 0 Å². The Balaban J connectivity index is 1.61. The van der Waals surface area contributed by atoms with Crippen LogP contribution in [0.15, 0.2) is 36.4 Å². The topological polar surface area (TPSA) is 168 Å². The molecule has 0 saturated carbocycles. The number of hydrogen-bond donors (Lipinski definition) is 6. The van der Waals surface area contributed by atoms with E-state index in [1.807, 2.05) is 6.07 Å². The molecule has 2 heterocycles. The molecular weight excluding hydrogens is 488 g/mol. The number of aliphatic hydroxyl groups is 6. The highest BCUT2D eigenvalue weighted by Crippen LogP contribution is 2.51. The largest absolute Gasteiger partial charge is 0.493 e. The van der Waals surface area contributed by atoms with Crippen LogP contribution in [0, 0.1) is 0 Å². The standard InChI is InChI=1S/C26H32O11/c1-33-18-10-14(5-6-17(18)35-26-23(32)22(31)21(30)20(12-29)36-26)24-16(11-28)15-8-13(4-3-7-27)9-19(34-2)25(15)37-24/h3-6,8-10,16,20-24,26-32H,7,11-12H2,1-2H3/t16-,20-,21-,22+,23-,24+,26-/m1/s1. The molecule has 0 radical (unpaired) electrons. The van der Waals surface area contributed by atoms with E-state index in [9.17, 15) is 25.5 Å². The lowest BCUT2D eigenvalue weighted by Crippen LogP contribution is -2.60. The van der Waals surface area contributed by atoms with E-state index in [0.717, 1.165) is 11.1 Å². The van der Waals surface area contributed by atoms with Gasteiger partial charge in [-0.3, -0.25) is 0 Å². The summed E-state index contributed by atoms with van der Waals surface area (Å²) in [5, 5.41) is 59.1. The smallest absolute Gasteiger partial charge is 0.229 e. The average molecular weight is 521 g/mol. The molecule has 2 aliphatic heterocycles. The fraction of sp³-hybridized carbons (Fsp3) is 0.462. The van der Waals surface area contributed by atoms with E-state index in [-0.39, 0.29) is 24.7 Å². The monoisotopic (exact) mass is 520 g/mol. The van der Waals surface area contributed by atoms with E-state index in [2.05, 4.69) is 0 Å². The fourth-order valence-corrected chi connectivity index (χ4v) is 4.60. The van der Waals surface area contributed by atoms with Crippen molar-refractivity contribution in [2.45, 2.75) is 42.7 Å². The molecule has 11 heteroatoms. The summed E-state index contributed by atoms with van der Waals surface area (Å²) >= 11 is 0. The third-order valence-electron chi connectivity index (χ3n) is 6.56. The maximum absolute atomic E-state index is 10.3. The maximum atomic E-state index is 10.3. The summed E-state index contributed by atoms with van der Waals surface area (Å²) in [4.78, 5) is 0. The van der Waals surface area contributed by atoms with Crippen LogP contribution in [0.2, 0.25) is 0 Å². The zero-order valence-corrected chi connectivity index (χ0v) is 20.4. The lowest BCUT2D eigenvalue weighted by Gasteiger charge is -2.39. The van der Waals surface area contributed by atoms with Gasteiger partial charge >= 0.3 is 0 Å². The van der Waals surface area contributed by atoms with Crippen LogP contribution in [0.25, 0.3) is 6.08 Å². The average Bonchev–Trinajstić information content (AvgIpc) is 3.30. The Bertz CT molecular complexity index is 1100. The molecule has 4 rings (SSSR count). The molecule has 2 aromatic carbocycles. The van der Waals surface area contributed by atoms with E-state index < -0.39 is 49.3 Å². The minimum Gasteiger partial charge on any atom is -0.493 e. The number of fused-ring (bicyclic) bond motifs is 1. The summed E-state index contributed by atoms with van der Waals surface area (Å²) in [6, 6.07) is 8.60. The number of rotatable bonds is 9. The Morgan fingerprint density at radius 2 is 1.62 bits per heavy atom. The van der Waals surface area contributed by atoms with Gasteiger partial charge in [-0.15, -0.1) is 0 Å². The first-order valence-corrected chi connectivity index (χ1v) is 11.8. The van der Waals surface area contributed by atoms with Gasteiger partial charge in [0, 0.05) is 5.56 Å². The molecule has 0 aliphatic carbocycles. The number of ether oxygens (including phenoxy) is 5. The van der Waals surface area contributed by atoms with Gasteiger partial charge in [-0.1, -0.05) is 18.2 Å². The normalized spacial score (nSPS) is 29.1. The van der Waals surface area contributed by atoms with Crippen LogP contribution in [0.5, 0.6) is 23.0 Å². The van der Waals surface area contributed by atoms with Gasteiger partial charge in [0.05, 0.1) is 40.0 Å². The lowest BCUT2D eigenvalue weighted by molar-refractivity contribution is -0.277. The minimum atomic E-state index is -1.58. The molecule has 202 valence electrons. The summed E-state index contributed by atoms with van der Waals surface area (Å²) in [5.74, 6) is 1.03.